The van der Waals surface area contributed by atoms with E-state index in [0.29, 0.717) is 23.9 Å². The summed E-state index contributed by atoms with van der Waals surface area (Å²) in [4.78, 5) is 18.6. The van der Waals surface area contributed by atoms with Gasteiger partial charge in [-0.25, -0.2) is 4.39 Å². The van der Waals surface area contributed by atoms with Gasteiger partial charge in [-0.3, -0.25) is 4.79 Å². The molecule has 132 valence electrons. The zero-order valence-corrected chi connectivity index (χ0v) is 15.5. The number of halogens is 2. The molecule has 5 nitrogen and oxygen atoms in total. The highest BCUT2D eigenvalue weighted by atomic mass is 79.9. The Hall–Kier alpha value is -2.54. The Morgan fingerprint density at radius 3 is 2.88 bits per heavy atom. The minimum atomic E-state index is -0.315. The molecule has 3 aromatic rings. The molecule has 1 aliphatic heterocycles. The largest absolute Gasteiger partial charge is 0.339 e. The summed E-state index contributed by atoms with van der Waals surface area (Å²) in [6, 6.07) is 12.0. The molecule has 1 fully saturated rings. The minimum Gasteiger partial charge on any atom is -0.339 e. The Morgan fingerprint density at radius 1 is 1.27 bits per heavy atom. The number of carbonyl (C=O) groups is 1. The molecule has 1 aromatic heterocycles. The maximum Gasteiger partial charge on any atom is 0.232 e. The van der Waals surface area contributed by atoms with Gasteiger partial charge in [0.15, 0.2) is 0 Å². The van der Waals surface area contributed by atoms with E-state index < -0.39 is 0 Å². The van der Waals surface area contributed by atoms with Crippen LogP contribution < -0.4 is 4.90 Å². The lowest BCUT2D eigenvalue weighted by Gasteiger charge is -2.18. The van der Waals surface area contributed by atoms with Crippen LogP contribution in [-0.2, 0) is 4.79 Å². The first-order valence-corrected chi connectivity index (χ1v) is 8.96. The number of aryl methyl sites for hydroxylation is 1. The lowest BCUT2D eigenvalue weighted by molar-refractivity contribution is -0.117. The van der Waals surface area contributed by atoms with E-state index >= 15 is 0 Å². The summed E-state index contributed by atoms with van der Waals surface area (Å²) in [6.07, 6.45) is 0.289. The van der Waals surface area contributed by atoms with Crippen molar-refractivity contribution in [3.8, 4) is 11.4 Å². The number of amides is 1. The number of benzene rings is 2. The maximum absolute atomic E-state index is 13.3. The van der Waals surface area contributed by atoms with Crippen molar-refractivity contribution in [1.82, 2.24) is 10.1 Å². The molecule has 1 aliphatic rings. The molecule has 4 rings (SSSR count). The van der Waals surface area contributed by atoms with Gasteiger partial charge in [0.2, 0.25) is 17.6 Å². The van der Waals surface area contributed by atoms with Crippen molar-refractivity contribution < 1.29 is 13.7 Å². The molecule has 0 radical (unpaired) electrons. The molecular formula is C19H15BrFN3O2. The molecule has 0 saturated carbocycles. The number of anilines is 1. The van der Waals surface area contributed by atoms with E-state index in [-0.39, 0.29) is 24.1 Å². The molecular weight excluding hydrogens is 401 g/mol. The Bertz CT molecular complexity index is 988. The van der Waals surface area contributed by atoms with Gasteiger partial charge in [-0.1, -0.05) is 33.2 Å². The first-order chi connectivity index (χ1) is 12.5. The van der Waals surface area contributed by atoms with Crippen LogP contribution in [0.1, 0.15) is 23.8 Å². The molecule has 0 aliphatic carbocycles. The van der Waals surface area contributed by atoms with Gasteiger partial charge in [-0.2, -0.15) is 4.98 Å². The van der Waals surface area contributed by atoms with Gasteiger partial charge in [0.05, 0.1) is 5.92 Å². The van der Waals surface area contributed by atoms with Crippen molar-refractivity contribution in [2.45, 2.75) is 19.3 Å². The minimum absolute atomic E-state index is 0.0353. The van der Waals surface area contributed by atoms with E-state index in [1.54, 1.807) is 17.9 Å². The Balaban J connectivity index is 1.58. The van der Waals surface area contributed by atoms with Crippen molar-refractivity contribution in [2.75, 3.05) is 11.4 Å². The summed E-state index contributed by atoms with van der Waals surface area (Å²) in [6.45, 7) is 2.22. The number of carbonyl (C=O) groups excluding carboxylic acids is 1. The summed E-state index contributed by atoms with van der Waals surface area (Å²) in [5.41, 5.74) is 2.27. The molecule has 1 unspecified atom stereocenters. The van der Waals surface area contributed by atoms with E-state index in [4.69, 9.17) is 4.52 Å². The first-order valence-electron chi connectivity index (χ1n) is 8.17. The number of aromatic nitrogens is 2. The highest BCUT2D eigenvalue weighted by Gasteiger charge is 2.35. The van der Waals surface area contributed by atoms with Crippen LogP contribution in [-0.4, -0.2) is 22.6 Å². The molecule has 1 atom stereocenters. The van der Waals surface area contributed by atoms with Gasteiger partial charge in [0.25, 0.3) is 0 Å². The molecule has 0 spiro atoms. The van der Waals surface area contributed by atoms with Crippen molar-refractivity contribution in [2.24, 2.45) is 0 Å². The van der Waals surface area contributed by atoms with Crippen LogP contribution in [0.2, 0.25) is 0 Å². The Kier molecular flexibility index (Phi) is 4.32. The molecule has 26 heavy (non-hydrogen) atoms. The van der Waals surface area contributed by atoms with E-state index in [0.717, 1.165) is 15.6 Å². The van der Waals surface area contributed by atoms with Crippen molar-refractivity contribution in [3.05, 3.63) is 64.2 Å². The van der Waals surface area contributed by atoms with Gasteiger partial charge in [0.1, 0.15) is 5.82 Å². The van der Waals surface area contributed by atoms with Crippen LogP contribution in [0.15, 0.2) is 51.5 Å². The lowest BCUT2D eigenvalue weighted by Crippen LogP contribution is -2.25. The maximum atomic E-state index is 13.3. The lowest BCUT2D eigenvalue weighted by atomic mass is 10.1. The summed E-state index contributed by atoms with van der Waals surface area (Å²) >= 11 is 3.42. The van der Waals surface area contributed by atoms with Crippen LogP contribution in [0, 0.1) is 12.7 Å². The Labute approximate surface area is 158 Å². The highest BCUT2D eigenvalue weighted by molar-refractivity contribution is 9.10. The van der Waals surface area contributed by atoms with Gasteiger partial charge >= 0.3 is 0 Å². The average molecular weight is 416 g/mol. The van der Waals surface area contributed by atoms with Crippen molar-refractivity contribution in [1.29, 1.82) is 0 Å². The highest BCUT2D eigenvalue weighted by Crippen LogP contribution is 2.33. The van der Waals surface area contributed by atoms with E-state index in [1.165, 1.54) is 12.1 Å². The van der Waals surface area contributed by atoms with Gasteiger partial charge < -0.3 is 9.42 Å². The van der Waals surface area contributed by atoms with Crippen LogP contribution >= 0.6 is 15.9 Å². The molecule has 0 bridgehead atoms. The van der Waals surface area contributed by atoms with E-state index in [2.05, 4.69) is 26.1 Å². The summed E-state index contributed by atoms with van der Waals surface area (Å²) in [7, 11) is 0. The van der Waals surface area contributed by atoms with Crippen molar-refractivity contribution >= 4 is 27.5 Å². The fraction of sp³-hybridized carbons (Fsp3) is 0.211. The predicted octanol–water partition coefficient (Wildman–Crippen LogP) is 4.47. The zero-order valence-electron chi connectivity index (χ0n) is 13.9. The van der Waals surface area contributed by atoms with Crippen LogP contribution in [0.5, 0.6) is 0 Å². The third kappa shape index (κ3) is 3.14. The predicted molar refractivity (Wildman–Crippen MR) is 98.3 cm³/mol. The summed E-state index contributed by atoms with van der Waals surface area (Å²) in [5.74, 6) is 0.401. The average Bonchev–Trinajstić information content (AvgIpc) is 3.22. The fourth-order valence-electron chi connectivity index (χ4n) is 3.17. The van der Waals surface area contributed by atoms with E-state index in [9.17, 15) is 9.18 Å². The second-order valence-corrected chi connectivity index (χ2v) is 7.22. The Morgan fingerprint density at radius 2 is 2.12 bits per heavy atom. The van der Waals surface area contributed by atoms with Crippen LogP contribution in [0.3, 0.4) is 0 Å². The summed E-state index contributed by atoms with van der Waals surface area (Å²) < 4.78 is 19.7. The smallest absolute Gasteiger partial charge is 0.232 e. The van der Waals surface area contributed by atoms with Gasteiger partial charge in [-0.05, 0) is 42.8 Å². The van der Waals surface area contributed by atoms with Gasteiger partial charge in [0, 0.05) is 28.7 Å². The van der Waals surface area contributed by atoms with Gasteiger partial charge in [-0.15, -0.1) is 0 Å². The van der Waals surface area contributed by atoms with Crippen molar-refractivity contribution in [3.63, 3.8) is 0 Å². The standard InChI is InChI=1S/C19H15BrFN3O2/c1-11-7-15(21)5-6-16(11)24-10-13(9-17(24)25)19-22-18(23-26-19)12-3-2-4-14(20)8-12/h2-8,13H,9-10H2,1H3. The molecule has 1 amide bonds. The molecule has 0 N–H and O–H groups in total. The van der Waals surface area contributed by atoms with Crippen LogP contribution in [0.25, 0.3) is 11.4 Å². The molecule has 7 heteroatoms. The normalized spacial score (nSPS) is 17.1. The quantitative estimate of drug-likeness (QED) is 0.633. The topological polar surface area (TPSA) is 59.2 Å². The number of hydrogen-bond donors (Lipinski definition) is 0. The second-order valence-electron chi connectivity index (χ2n) is 6.30. The summed E-state index contributed by atoms with van der Waals surface area (Å²) in [5, 5.41) is 4.04. The monoisotopic (exact) mass is 415 g/mol. The number of hydrogen-bond acceptors (Lipinski definition) is 4. The molecule has 2 heterocycles. The van der Waals surface area contributed by atoms with E-state index in [1.807, 2.05) is 24.3 Å². The second kappa shape index (κ2) is 6.64. The zero-order chi connectivity index (χ0) is 18.3. The molecule has 2 aromatic carbocycles. The molecule has 1 saturated heterocycles. The number of nitrogens with zero attached hydrogens (tertiary/aromatic N) is 3. The fourth-order valence-corrected chi connectivity index (χ4v) is 3.57. The number of rotatable bonds is 3. The third-order valence-corrected chi connectivity index (χ3v) is 4.94. The third-order valence-electron chi connectivity index (χ3n) is 4.45. The van der Waals surface area contributed by atoms with Crippen LogP contribution in [0.4, 0.5) is 10.1 Å². The SMILES string of the molecule is Cc1cc(F)ccc1N1CC(c2nc(-c3cccc(Br)c3)no2)CC1=O. The first kappa shape index (κ1) is 16.9.